The highest BCUT2D eigenvalue weighted by atomic mass is 32.2. The summed E-state index contributed by atoms with van der Waals surface area (Å²) < 4.78 is 6.97. The molecule has 0 amide bonds. The fourth-order valence-corrected chi connectivity index (χ4v) is 13.6. The molecule has 4 aliphatic heterocycles. The highest BCUT2D eigenvalue weighted by molar-refractivity contribution is 8.01. The molecule has 0 fully saturated rings. The van der Waals surface area contributed by atoms with E-state index < -0.39 is 0 Å². The minimum absolute atomic E-state index is 0.00509. The molecule has 318 valence electrons. The second kappa shape index (κ2) is 15.8. The number of anilines is 6. The number of fused-ring (bicyclic) bond motifs is 8. The van der Waals surface area contributed by atoms with Crippen LogP contribution in [-0.2, 0) is 0 Å². The van der Waals surface area contributed by atoms with Gasteiger partial charge in [-0.2, -0.15) is 0 Å². The number of rotatable bonds is 6. The fourth-order valence-electron chi connectivity index (χ4n) is 11.1. The SMILES string of the molecule is Cc1ccc(-c2ccccc2N2c3ccccc3B3c4cc5c(cc4Sc4cc(-c6ccccc6)cc2c43)Sc2cc(N(c3ccccc3)c3ccccc3)cc3c2B5c2ccccc2O3)cc1. The zero-order chi connectivity index (χ0) is 44.9. The van der Waals surface area contributed by atoms with Crippen LogP contribution in [0.3, 0.4) is 0 Å². The van der Waals surface area contributed by atoms with E-state index in [-0.39, 0.29) is 13.4 Å². The zero-order valence-corrected chi connectivity index (χ0v) is 38.8. The molecule has 10 aromatic rings. The van der Waals surface area contributed by atoms with Crippen LogP contribution in [0.2, 0.25) is 0 Å². The number of aryl methyl sites for hydroxylation is 1. The second-order valence-corrected chi connectivity index (χ2v) is 20.2. The van der Waals surface area contributed by atoms with Gasteiger partial charge in [0.1, 0.15) is 11.5 Å². The molecular formula is C61H40B2N2OS2. The molecule has 0 radical (unpaired) electrons. The van der Waals surface area contributed by atoms with Crippen molar-refractivity contribution in [1.82, 2.24) is 0 Å². The summed E-state index contributed by atoms with van der Waals surface area (Å²) in [5, 5.41) is 0. The van der Waals surface area contributed by atoms with Gasteiger partial charge in [0.2, 0.25) is 6.71 Å². The van der Waals surface area contributed by atoms with E-state index in [0.717, 1.165) is 28.6 Å². The standard InChI is InChI=1S/C61H40B2N2OS2/c1-39-29-31-41(32-30-39)46-23-11-14-26-51(46)65-52-27-15-12-24-47(52)62-49-37-50-57(38-56(49)67-58-34-42(33-53(65)60(58)62)40-17-5-2-6-18-40)68-59-36-45(35-55-61(59)63(50)48-25-13-16-28-54(48)66-55)64(43-19-7-3-8-20-43)44-21-9-4-10-22-44/h2-38H,1H3. The van der Waals surface area contributed by atoms with E-state index in [9.17, 15) is 0 Å². The van der Waals surface area contributed by atoms with E-state index in [1.807, 2.05) is 23.5 Å². The Labute approximate surface area is 406 Å². The van der Waals surface area contributed by atoms with Crippen LogP contribution in [0.15, 0.2) is 244 Å². The first-order valence-corrected chi connectivity index (χ1v) is 24.9. The molecule has 14 rings (SSSR count). The van der Waals surface area contributed by atoms with E-state index in [1.54, 1.807) is 0 Å². The lowest BCUT2D eigenvalue weighted by Gasteiger charge is -2.42. The molecule has 4 aliphatic rings. The maximum absolute atomic E-state index is 6.97. The molecule has 0 N–H and O–H groups in total. The summed E-state index contributed by atoms with van der Waals surface area (Å²) >= 11 is 3.81. The summed E-state index contributed by atoms with van der Waals surface area (Å²) in [5.74, 6) is 1.83. The average molecular weight is 903 g/mol. The predicted octanol–water partition coefficient (Wildman–Crippen LogP) is 12.6. The largest absolute Gasteiger partial charge is 0.458 e. The Morgan fingerprint density at radius 1 is 0.382 bits per heavy atom. The van der Waals surface area contributed by atoms with E-state index >= 15 is 0 Å². The van der Waals surface area contributed by atoms with Gasteiger partial charge < -0.3 is 14.5 Å². The molecule has 0 aromatic heterocycles. The molecule has 0 saturated carbocycles. The Morgan fingerprint density at radius 2 is 0.971 bits per heavy atom. The number of ether oxygens (including phenoxy) is 1. The Kier molecular flexibility index (Phi) is 9.18. The fraction of sp³-hybridized carbons (Fsp3) is 0.0164. The number of para-hydroxylation sites is 5. The van der Waals surface area contributed by atoms with Crippen LogP contribution in [0.25, 0.3) is 22.3 Å². The lowest BCUT2D eigenvalue weighted by atomic mass is 9.32. The minimum Gasteiger partial charge on any atom is -0.458 e. The summed E-state index contributed by atoms with van der Waals surface area (Å²) in [6, 6.07) is 82.5. The molecule has 0 unspecified atom stereocenters. The van der Waals surface area contributed by atoms with Gasteiger partial charge in [0.05, 0.1) is 11.4 Å². The maximum Gasteiger partial charge on any atom is 0.253 e. The van der Waals surface area contributed by atoms with Gasteiger partial charge in [-0.05, 0) is 112 Å². The topological polar surface area (TPSA) is 15.7 Å². The van der Waals surface area contributed by atoms with Gasteiger partial charge in [0, 0.05) is 54.0 Å². The molecule has 4 heterocycles. The summed E-state index contributed by atoms with van der Waals surface area (Å²) in [7, 11) is 0. The van der Waals surface area contributed by atoms with Crippen molar-refractivity contribution in [3.05, 3.63) is 230 Å². The van der Waals surface area contributed by atoms with Gasteiger partial charge in [-0.15, -0.1) is 0 Å². The molecule has 68 heavy (non-hydrogen) atoms. The monoisotopic (exact) mass is 902 g/mol. The van der Waals surface area contributed by atoms with Gasteiger partial charge in [0.25, 0.3) is 6.71 Å². The summed E-state index contributed by atoms with van der Waals surface area (Å²) in [6.07, 6.45) is 0. The van der Waals surface area contributed by atoms with Crippen LogP contribution < -0.4 is 47.3 Å². The van der Waals surface area contributed by atoms with Gasteiger partial charge in [-0.3, -0.25) is 0 Å². The van der Waals surface area contributed by atoms with Crippen LogP contribution in [0, 0.1) is 6.92 Å². The molecule has 7 heteroatoms. The van der Waals surface area contributed by atoms with Crippen LogP contribution in [0.5, 0.6) is 11.5 Å². The first-order chi connectivity index (χ1) is 33.6. The van der Waals surface area contributed by atoms with Crippen molar-refractivity contribution in [2.24, 2.45) is 0 Å². The van der Waals surface area contributed by atoms with Gasteiger partial charge in [-0.25, -0.2) is 0 Å². The van der Waals surface area contributed by atoms with E-state index in [0.29, 0.717) is 0 Å². The highest BCUT2D eigenvalue weighted by Gasteiger charge is 2.45. The third kappa shape index (κ3) is 6.26. The van der Waals surface area contributed by atoms with E-state index in [2.05, 4.69) is 241 Å². The van der Waals surface area contributed by atoms with Gasteiger partial charge in [0.15, 0.2) is 0 Å². The van der Waals surface area contributed by atoms with Crippen molar-refractivity contribution in [3.63, 3.8) is 0 Å². The van der Waals surface area contributed by atoms with Crippen LogP contribution in [0.4, 0.5) is 34.1 Å². The average Bonchev–Trinajstić information content (AvgIpc) is 3.39. The third-order valence-electron chi connectivity index (χ3n) is 14.1. The van der Waals surface area contributed by atoms with E-state index in [1.165, 1.54) is 97.2 Å². The van der Waals surface area contributed by atoms with Crippen molar-refractivity contribution in [1.29, 1.82) is 0 Å². The van der Waals surface area contributed by atoms with Gasteiger partial charge in [-0.1, -0.05) is 192 Å². The van der Waals surface area contributed by atoms with Gasteiger partial charge >= 0.3 is 0 Å². The molecular weight excluding hydrogens is 862 g/mol. The third-order valence-corrected chi connectivity index (χ3v) is 16.3. The van der Waals surface area contributed by atoms with Crippen LogP contribution >= 0.6 is 23.5 Å². The number of nitrogens with zero attached hydrogens (tertiary/aromatic N) is 2. The highest BCUT2D eigenvalue weighted by Crippen LogP contribution is 2.48. The van der Waals surface area contributed by atoms with Crippen LogP contribution in [0.1, 0.15) is 5.56 Å². The molecule has 0 saturated heterocycles. The number of benzene rings is 10. The smallest absolute Gasteiger partial charge is 0.253 e. The number of hydrogen-bond acceptors (Lipinski definition) is 5. The van der Waals surface area contributed by atoms with Crippen molar-refractivity contribution in [2.75, 3.05) is 9.80 Å². The quantitative estimate of drug-likeness (QED) is 0.154. The molecule has 0 bridgehead atoms. The zero-order valence-electron chi connectivity index (χ0n) is 37.1. The molecule has 3 nitrogen and oxygen atoms in total. The predicted molar refractivity (Wildman–Crippen MR) is 288 cm³/mol. The molecule has 0 aliphatic carbocycles. The Balaban J connectivity index is 0.977. The Morgan fingerprint density at radius 3 is 1.69 bits per heavy atom. The first kappa shape index (κ1) is 39.6. The van der Waals surface area contributed by atoms with E-state index in [4.69, 9.17) is 4.74 Å². The van der Waals surface area contributed by atoms with Crippen molar-refractivity contribution < 1.29 is 4.74 Å². The Hall–Kier alpha value is -7.57. The number of hydrogen-bond donors (Lipinski definition) is 0. The van der Waals surface area contributed by atoms with Crippen molar-refractivity contribution in [2.45, 2.75) is 26.5 Å². The lowest BCUT2D eigenvalue weighted by molar-refractivity contribution is 0.486. The van der Waals surface area contributed by atoms with Crippen molar-refractivity contribution in [3.8, 4) is 33.8 Å². The molecule has 10 aromatic carbocycles. The summed E-state index contributed by atoms with van der Waals surface area (Å²) in [6.45, 7) is 2.19. The Bertz CT molecular complexity index is 3600. The van der Waals surface area contributed by atoms with Crippen molar-refractivity contribution >= 4 is 104 Å². The lowest BCUT2D eigenvalue weighted by Crippen LogP contribution is -2.63. The normalized spacial score (nSPS) is 13.3. The first-order valence-electron chi connectivity index (χ1n) is 23.3. The summed E-state index contributed by atoms with van der Waals surface area (Å²) in [5.41, 5.74) is 20.8. The molecule has 0 spiro atoms. The second-order valence-electron chi connectivity index (χ2n) is 18.1. The molecule has 0 atom stereocenters. The van der Waals surface area contributed by atoms with Crippen LogP contribution in [-0.4, -0.2) is 13.4 Å². The minimum atomic E-state index is 0.00509. The maximum atomic E-state index is 6.97. The summed E-state index contributed by atoms with van der Waals surface area (Å²) in [4.78, 5) is 10.0.